The summed E-state index contributed by atoms with van der Waals surface area (Å²) < 4.78 is 43.2. The first-order valence-electron chi connectivity index (χ1n) is 6.39. The second-order valence-electron chi connectivity index (χ2n) is 5.13. The van der Waals surface area contributed by atoms with Gasteiger partial charge in [0, 0.05) is 11.1 Å². The Morgan fingerprint density at radius 2 is 1.89 bits per heavy atom. The van der Waals surface area contributed by atoms with Crippen molar-refractivity contribution in [2.24, 2.45) is 11.8 Å². The first kappa shape index (κ1) is 12.5. The number of rotatable bonds is 2. The Bertz CT molecular complexity index is 525. The molecule has 2 unspecified atom stereocenters. The lowest BCUT2D eigenvalue weighted by Crippen LogP contribution is -2.41. The van der Waals surface area contributed by atoms with Gasteiger partial charge in [-0.2, -0.15) is 13.2 Å². The Morgan fingerprint density at radius 1 is 1.21 bits per heavy atom. The summed E-state index contributed by atoms with van der Waals surface area (Å²) in [5.41, 5.74) is 0.421. The number of fused-ring (bicyclic) bond motifs is 1. The number of ketones is 1. The summed E-state index contributed by atoms with van der Waals surface area (Å²) in [6.07, 6.45) is 0.0330. The van der Waals surface area contributed by atoms with E-state index in [1.165, 1.54) is 6.26 Å². The number of alkyl halides is 3. The fourth-order valence-corrected chi connectivity index (χ4v) is 3.32. The minimum absolute atomic E-state index is 0.0567. The first-order valence-corrected chi connectivity index (χ1v) is 6.39. The average Bonchev–Trinajstić information content (AvgIpc) is 2.83. The lowest BCUT2D eigenvalue weighted by atomic mass is 9.59. The summed E-state index contributed by atoms with van der Waals surface area (Å²) in [4.78, 5) is 11.6. The fourth-order valence-electron chi connectivity index (χ4n) is 3.32. The van der Waals surface area contributed by atoms with Crippen LogP contribution in [0.4, 0.5) is 13.2 Å². The average molecular weight is 270 g/mol. The SMILES string of the molecule is O=C(C1=C(c2ccco2)C2CCCCC12)C(F)(F)F. The van der Waals surface area contributed by atoms with Gasteiger partial charge in [-0.05, 0) is 36.8 Å². The minimum atomic E-state index is -4.80. The Morgan fingerprint density at radius 3 is 2.47 bits per heavy atom. The van der Waals surface area contributed by atoms with Crippen LogP contribution in [0.3, 0.4) is 0 Å². The van der Waals surface area contributed by atoms with Gasteiger partial charge in [0.2, 0.25) is 0 Å². The second kappa shape index (κ2) is 4.25. The fraction of sp³-hybridized carbons (Fsp3) is 0.500. The summed E-state index contributed by atoms with van der Waals surface area (Å²) in [6, 6.07) is 3.26. The van der Waals surface area contributed by atoms with E-state index in [1.54, 1.807) is 12.1 Å². The van der Waals surface area contributed by atoms with Crippen molar-refractivity contribution in [3.63, 3.8) is 0 Å². The van der Waals surface area contributed by atoms with Gasteiger partial charge in [-0.1, -0.05) is 12.8 Å². The molecule has 0 saturated heterocycles. The van der Waals surface area contributed by atoms with Crippen LogP contribution in [-0.4, -0.2) is 12.0 Å². The number of furan rings is 1. The highest BCUT2D eigenvalue weighted by atomic mass is 19.4. The van der Waals surface area contributed by atoms with Gasteiger partial charge in [-0.15, -0.1) is 0 Å². The first-order chi connectivity index (χ1) is 9.00. The lowest BCUT2D eigenvalue weighted by molar-refractivity contribution is -0.167. The molecule has 102 valence electrons. The summed E-state index contributed by atoms with van der Waals surface area (Å²) in [7, 11) is 0. The van der Waals surface area contributed by atoms with Gasteiger partial charge in [0.1, 0.15) is 5.76 Å². The van der Waals surface area contributed by atoms with Crippen LogP contribution >= 0.6 is 0 Å². The predicted molar refractivity (Wildman–Crippen MR) is 62.1 cm³/mol. The van der Waals surface area contributed by atoms with E-state index in [0.717, 1.165) is 19.3 Å². The Hall–Kier alpha value is -1.52. The monoisotopic (exact) mass is 270 g/mol. The van der Waals surface area contributed by atoms with E-state index in [0.29, 0.717) is 17.8 Å². The van der Waals surface area contributed by atoms with E-state index in [-0.39, 0.29) is 17.4 Å². The zero-order valence-corrected chi connectivity index (χ0v) is 10.2. The molecule has 0 aliphatic heterocycles. The molecule has 2 aliphatic carbocycles. The van der Waals surface area contributed by atoms with Crippen LogP contribution in [-0.2, 0) is 4.79 Å². The summed E-state index contributed by atoms with van der Waals surface area (Å²) in [5, 5.41) is 0. The molecule has 0 amide bonds. The Kier molecular flexibility index (Phi) is 2.80. The smallest absolute Gasteiger partial charge is 0.454 e. The van der Waals surface area contributed by atoms with Gasteiger partial charge in [0.05, 0.1) is 6.26 Å². The number of halogens is 3. The highest BCUT2D eigenvalue weighted by Crippen LogP contribution is 2.55. The van der Waals surface area contributed by atoms with Crippen LogP contribution in [0, 0.1) is 11.8 Å². The summed E-state index contributed by atoms with van der Waals surface area (Å²) in [6.45, 7) is 0. The van der Waals surface area contributed by atoms with Crippen molar-refractivity contribution in [3.05, 3.63) is 29.7 Å². The summed E-state index contributed by atoms with van der Waals surface area (Å²) >= 11 is 0. The molecule has 0 bridgehead atoms. The molecule has 2 aliphatic rings. The third-order valence-electron chi connectivity index (χ3n) is 4.09. The van der Waals surface area contributed by atoms with Crippen molar-refractivity contribution in [2.45, 2.75) is 31.9 Å². The number of Topliss-reactive ketones (excluding diaryl/α,β-unsaturated/α-hetero) is 1. The molecule has 0 spiro atoms. The number of carbonyl (C=O) groups is 1. The third kappa shape index (κ3) is 1.91. The van der Waals surface area contributed by atoms with Crippen molar-refractivity contribution in [1.29, 1.82) is 0 Å². The van der Waals surface area contributed by atoms with Gasteiger partial charge in [-0.25, -0.2) is 0 Å². The normalized spacial score (nSPS) is 26.9. The van der Waals surface area contributed by atoms with E-state index in [1.807, 2.05) is 0 Å². The quantitative estimate of drug-likeness (QED) is 0.813. The van der Waals surface area contributed by atoms with Gasteiger partial charge in [-0.3, -0.25) is 4.79 Å². The highest BCUT2D eigenvalue weighted by Gasteiger charge is 2.52. The largest absolute Gasteiger partial charge is 0.465 e. The third-order valence-corrected chi connectivity index (χ3v) is 4.09. The molecular weight excluding hydrogens is 257 g/mol. The molecule has 1 aromatic rings. The molecule has 0 N–H and O–H groups in total. The Balaban J connectivity index is 2.05. The van der Waals surface area contributed by atoms with Crippen LogP contribution in [0.5, 0.6) is 0 Å². The van der Waals surface area contributed by atoms with Crippen molar-refractivity contribution in [3.8, 4) is 0 Å². The van der Waals surface area contributed by atoms with Crippen LogP contribution in [0.15, 0.2) is 28.4 Å². The summed E-state index contributed by atoms with van der Waals surface area (Å²) in [5.74, 6) is -1.46. The van der Waals surface area contributed by atoms with E-state index < -0.39 is 12.0 Å². The standard InChI is InChI=1S/C14H13F3O2/c15-14(16,17)13(18)12-9-5-2-1-4-8(9)11(12)10-6-3-7-19-10/h3,6-9H,1-2,4-5H2. The molecule has 2 nitrogen and oxygen atoms in total. The second-order valence-corrected chi connectivity index (χ2v) is 5.13. The van der Waals surface area contributed by atoms with Crippen LogP contribution in [0.1, 0.15) is 31.4 Å². The zero-order valence-electron chi connectivity index (χ0n) is 10.2. The van der Waals surface area contributed by atoms with E-state index in [2.05, 4.69) is 0 Å². The van der Waals surface area contributed by atoms with Crippen LogP contribution < -0.4 is 0 Å². The minimum Gasteiger partial charge on any atom is -0.465 e. The van der Waals surface area contributed by atoms with Crippen molar-refractivity contribution in [1.82, 2.24) is 0 Å². The lowest BCUT2D eigenvalue weighted by Gasteiger charge is -2.43. The number of hydrogen-bond acceptors (Lipinski definition) is 2. The van der Waals surface area contributed by atoms with Crippen molar-refractivity contribution >= 4 is 11.4 Å². The maximum atomic E-state index is 12.7. The Labute approximate surface area is 108 Å². The number of hydrogen-bond donors (Lipinski definition) is 0. The maximum Gasteiger partial charge on any atom is 0.454 e. The molecule has 5 heteroatoms. The van der Waals surface area contributed by atoms with Gasteiger partial charge in [0.25, 0.3) is 5.78 Å². The predicted octanol–water partition coefficient (Wildman–Crippen LogP) is 3.98. The van der Waals surface area contributed by atoms with E-state index in [9.17, 15) is 18.0 Å². The molecule has 1 aromatic heterocycles. The van der Waals surface area contributed by atoms with Crippen molar-refractivity contribution in [2.75, 3.05) is 0 Å². The van der Waals surface area contributed by atoms with Crippen molar-refractivity contribution < 1.29 is 22.4 Å². The highest BCUT2D eigenvalue weighted by molar-refractivity contribution is 6.09. The molecule has 1 heterocycles. The van der Waals surface area contributed by atoms with Gasteiger partial charge >= 0.3 is 6.18 Å². The van der Waals surface area contributed by atoms with Gasteiger partial charge in [0.15, 0.2) is 0 Å². The van der Waals surface area contributed by atoms with Crippen LogP contribution in [0.2, 0.25) is 0 Å². The topological polar surface area (TPSA) is 30.2 Å². The molecule has 1 fully saturated rings. The molecule has 0 aromatic carbocycles. The van der Waals surface area contributed by atoms with E-state index >= 15 is 0 Å². The molecule has 1 saturated carbocycles. The van der Waals surface area contributed by atoms with Gasteiger partial charge < -0.3 is 4.42 Å². The molecule has 0 radical (unpaired) electrons. The van der Waals surface area contributed by atoms with E-state index in [4.69, 9.17) is 4.42 Å². The zero-order chi connectivity index (χ0) is 13.6. The molecule has 19 heavy (non-hydrogen) atoms. The number of allylic oxidation sites excluding steroid dienone is 2. The number of carbonyl (C=O) groups excluding carboxylic acids is 1. The molecule has 2 atom stereocenters. The maximum absolute atomic E-state index is 12.7. The molecular formula is C14H13F3O2. The van der Waals surface area contributed by atoms with Crippen LogP contribution in [0.25, 0.3) is 5.57 Å². The molecule has 3 rings (SSSR count).